The van der Waals surface area contributed by atoms with E-state index in [4.69, 9.17) is 34.9 Å². The molecule has 1 aromatic heterocycles. The number of H-pyrrole nitrogens is 1. The molecule has 0 unspecified atom stereocenters. The zero-order chi connectivity index (χ0) is 27.7. The number of aromatic nitrogens is 2. The first-order valence-corrected chi connectivity index (χ1v) is 12.9. The molecule has 0 amide bonds. The van der Waals surface area contributed by atoms with Gasteiger partial charge in [-0.1, -0.05) is 11.6 Å². The fourth-order valence-corrected chi connectivity index (χ4v) is 6.27. The molecule has 0 aliphatic carbocycles. The lowest BCUT2D eigenvalue weighted by atomic mass is 10.1. The van der Waals surface area contributed by atoms with Gasteiger partial charge in [0, 0.05) is 6.20 Å². The number of hydrogen-bond acceptors (Lipinski definition) is 11. The van der Waals surface area contributed by atoms with Crippen LogP contribution in [0.25, 0.3) is 0 Å². The molecule has 38 heavy (non-hydrogen) atoms. The van der Waals surface area contributed by atoms with Gasteiger partial charge in [0.15, 0.2) is 0 Å². The number of nitrogens with one attached hydrogen (secondary N) is 1. The Kier molecular flexibility index (Phi) is 7.88. The molecule has 0 bridgehead atoms. The minimum atomic E-state index is -5.06. The molecule has 1 aliphatic heterocycles. The second kappa shape index (κ2) is 10.8. The van der Waals surface area contributed by atoms with Crippen molar-refractivity contribution < 1.29 is 43.1 Å². The van der Waals surface area contributed by atoms with Crippen LogP contribution in [0.3, 0.4) is 0 Å². The van der Waals surface area contributed by atoms with E-state index in [2.05, 4.69) is 0 Å². The Balaban J connectivity index is 1.97. The van der Waals surface area contributed by atoms with E-state index in [1.165, 1.54) is 62.8 Å². The molecule has 1 fully saturated rings. The molecule has 2 aromatic carbocycles. The third-order valence-corrected chi connectivity index (χ3v) is 8.34. The molecule has 4 atom stereocenters. The van der Waals surface area contributed by atoms with Gasteiger partial charge in [-0.15, -0.1) is 0 Å². The third-order valence-electron chi connectivity index (χ3n) is 5.80. The quantitative estimate of drug-likeness (QED) is 0.272. The maximum atomic E-state index is 14.9. The fourth-order valence-electron chi connectivity index (χ4n) is 3.88. The summed E-state index contributed by atoms with van der Waals surface area (Å²) in [6.45, 7) is -0.850. The van der Waals surface area contributed by atoms with Crippen LogP contribution in [0.1, 0.15) is 0 Å². The number of rotatable bonds is 9. The number of methoxy groups -OCH3 is 2. The number of nitrogens with zero attached hydrogens (tertiary/aromatic N) is 1. The molecule has 204 valence electrons. The molecule has 0 saturated carbocycles. The van der Waals surface area contributed by atoms with E-state index in [0.717, 1.165) is 6.20 Å². The molecule has 2 heterocycles. The highest BCUT2D eigenvalue weighted by atomic mass is 35.5. The molecule has 15 heteroatoms. The Morgan fingerprint density at radius 2 is 1.45 bits per heavy atom. The molecular formula is C23H24ClN2O11P. The zero-order valence-corrected chi connectivity index (χ0v) is 21.7. The summed E-state index contributed by atoms with van der Waals surface area (Å²) in [5.41, 5.74) is -5.04. The van der Waals surface area contributed by atoms with Crippen molar-refractivity contribution in [2.24, 2.45) is 0 Å². The highest BCUT2D eigenvalue weighted by Gasteiger charge is 2.70. The van der Waals surface area contributed by atoms with Crippen LogP contribution in [0.2, 0.25) is 5.02 Å². The number of hydrogen-bond donors (Lipinski definition) is 4. The highest BCUT2D eigenvalue weighted by molar-refractivity contribution is 7.55. The van der Waals surface area contributed by atoms with E-state index in [1.807, 2.05) is 4.98 Å². The minimum absolute atomic E-state index is 0.0664. The zero-order valence-electron chi connectivity index (χ0n) is 20.0. The molecule has 0 spiro atoms. The van der Waals surface area contributed by atoms with Gasteiger partial charge in [0.25, 0.3) is 5.56 Å². The normalized spacial score (nSPS) is 23.2. The number of ether oxygens (including phenoxy) is 3. The first kappa shape index (κ1) is 27.7. The first-order valence-electron chi connectivity index (χ1n) is 11.0. The van der Waals surface area contributed by atoms with Gasteiger partial charge in [0.1, 0.15) is 46.3 Å². The minimum Gasteiger partial charge on any atom is -0.497 e. The van der Waals surface area contributed by atoms with Gasteiger partial charge in [-0.2, -0.15) is 0 Å². The smallest absolute Gasteiger partial charge is 0.486 e. The topological polar surface area (TPSA) is 179 Å². The van der Waals surface area contributed by atoms with Crippen LogP contribution in [-0.4, -0.2) is 64.0 Å². The van der Waals surface area contributed by atoms with Crippen LogP contribution in [0, 0.1) is 0 Å². The number of aliphatic hydroxyl groups excluding tert-OH is 3. The van der Waals surface area contributed by atoms with Gasteiger partial charge in [0.2, 0.25) is 0 Å². The monoisotopic (exact) mass is 570 g/mol. The van der Waals surface area contributed by atoms with Crippen LogP contribution < -0.4 is 29.8 Å². The van der Waals surface area contributed by atoms with E-state index in [1.54, 1.807) is 0 Å². The summed E-state index contributed by atoms with van der Waals surface area (Å²) >= 11 is 5.97. The number of halogens is 1. The van der Waals surface area contributed by atoms with Crippen molar-refractivity contribution in [2.45, 2.75) is 23.8 Å². The standard InChI is InChI=1S/C23H24ClN2O11P/c1-33-13-3-7-15(8-4-13)36-38(32,37-16-9-5-14(34-2)6-10-16)23(20(29)19(28)18(12-27)35-23)26-11-17(24)21(30)25-22(26)31/h3-11,18-20,27-29H,12H2,1-2H3,(H,25,30,31)/t18-,19-,20-,23+/m1/s1. The lowest BCUT2D eigenvalue weighted by Gasteiger charge is -2.38. The summed E-state index contributed by atoms with van der Waals surface area (Å²) in [6, 6.07) is 11.4. The van der Waals surface area contributed by atoms with Gasteiger partial charge in [0.05, 0.1) is 20.8 Å². The summed E-state index contributed by atoms with van der Waals surface area (Å²) in [6.07, 6.45) is -4.85. The Hall–Kier alpha value is -3.32. The van der Waals surface area contributed by atoms with Crippen molar-refractivity contribution in [2.75, 3.05) is 20.8 Å². The molecule has 4 N–H and O–H groups in total. The summed E-state index contributed by atoms with van der Waals surface area (Å²) in [5, 5.41) is 31.2. The average molecular weight is 571 g/mol. The predicted molar refractivity (Wildman–Crippen MR) is 133 cm³/mol. The van der Waals surface area contributed by atoms with Crippen LogP contribution in [-0.2, 0) is 14.8 Å². The summed E-state index contributed by atoms with van der Waals surface area (Å²) in [7, 11) is -2.18. The van der Waals surface area contributed by atoms with E-state index in [0.29, 0.717) is 16.1 Å². The summed E-state index contributed by atoms with van der Waals surface area (Å²) in [5.74, 6) is 0.746. The second-order valence-electron chi connectivity index (χ2n) is 8.07. The predicted octanol–water partition coefficient (Wildman–Crippen LogP) is 1.28. The van der Waals surface area contributed by atoms with Gasteiger partial charge >= 0.3 is 18.8 Å². The van der Waals surface area contributed by atoms with Gasteiger partial charge < -0.3 is 38.6 Å². The van der Waals surface area contributed by atoms with Crippen LogP contribution in [0.4, 0.5) is 0 Å². The fraction of sp³-hybridized carbons (Fsp3) is 0.304. The molecule has 1 saturated heterocycles. The van der Waals surface area contributed by atoms with E-state index in [9.17, 15) is 29.5 Å². The largest absolute Gasteiger partial charge is 0.497 e. The third kappa shape index (κ3) is 4.80. The SMILES string of the molecule is COc1ccc(OP(=O)(Oc2ccc(OC)cc2)[C@@]2(n3cc(Cl)c(=O)[nH]c3=O)O[C@H](CO)[C@@H](O)[C@H]2O)cc1. The molecule has 4 rings (SSSR count). The van der Waals surface area contributed by atoms with Gasteiger partial charge in [-0.05, 0) is 48.5 Å². The van der Waals surface area contributed by atoms with E-state index >= 15 is 0 Å². The van der Waals surface area contributed by atoms with Crippen molar-refractivity contribution in [1.29, 1.82) is 0 Å². The Morgan fingerprint density at radius 1 is 0.974 bits per heavy atom. The molecule has 13 nitrogen and oxygen atoms in total. The number of benzene rings is 2. The maximum Gasteiger partial charge on any atom is 0.486 e. The van der Waals surface area contributed by atoms with E-state index in [-0.39, 0.29) is 11.5 Å². The Labute approximate surface area is 220 Å². The summed E-state index contributed by atoms with van der Waals surface area (Å²) < 4.78 is 43.0. The van der Waals surface area contributed by atoms with Crippen molar-refractivity contribution in [3.05, 3.63) is 80.6 Å². The number of aromatic amines is 1. The lowest BCUT2D eigenvalue weighted by Crippen LogP contribution is -2.53. The van der Waals surface area contributed by atoms with Crippen molar-refractivity contribution >= 4 is 19.2 Å². The second-order valence-corrected chi connectivity index (χ2v) is 10.5. The molecule has 3 aromatic rings. The Morgan fingerprint density at radius 3 is 1.87 bits per heavy atom. The van der Waals surface area contributed by atoms with Crippen LogP contribution in [0.5, 0.6) is 23.0 Å². The van der Waals surface area contributed by atoms with Crippen LogP contribution in [0.15, 0.2) is 64.3 Å². The van der Waals surface area contributed by atoms with Crippen molar-refractivity contribution in [3.63, 3.8) is 0 Å². The maximum absolute atomic E-state index is 14.9. The molecule has 0 radical (unpaired) electrons. The highest BCUT2D eigenvalue weighted by Crippen LogP contribution is 2.66. The average Bonchev–Trinajstić information content (AvgIpc) is 3.18. The number of aliphatic hydroxyl groups is 3. The van der Waals surface area contributed by atoms with Crippen LogP contribution >= 0.6 is 19.2 Å². The lowest BCUT2D eigenvalue weighted by molar-refractivity contribution is -0.101. The van der Waals surface area contributed by atoms with Crippen molar-refractivity contribution in [3.8, 4) is 23.0 Å². The van der Waals surface area contributed by atoms with E-state index < -0.39 is 54.3 Å². The molecule has 1 aliphatic rings. The molecular weight excluding hydrogens is 547 g/mol. The Bertz CT molecular complexity index is 1390. The van der Waals surface area contributed by atoms with Gasteiger partial charge in [-0.25, -0.2) is 9.36 Å². The van der Waals surface area contributed by atoms with Crippen molar-refractivity contribution in [1.82, 2.24) is 9.55 Å². The summed E-state index contributed by atoms with van der Waals surface area (Å²) in [4.78, 5) is 26.9. The van der Waals surface area contributed by atoms with Gasteiger partial charge in [-0.3, -0.25) is 14.3 Å². The first-order chi connectivity index (χ1) is 18.1.